The molecule has 0 radical (unpaired) electrons. The van der Waals surface area contributed by atoms with Crippen LogP contribution >= 0.6 is 0 Å². The van der Waals surface area contributed by atoms with Crippen LogP contribution in [-0.4, -0.2) is 19.3 Å². The molecule has 0 bridgehead atoms. The van der Waals surface area contributed by atoms with Crippen molar-refractivity contribution in [3.8, 4) is 5.75 Å². The summed E-state index contributed by atoms with van der Waals surface area (Å²) in [4.78, 5) is 0. The van der Waals surface area contributed by atoms with Gasteiger partial charge in [0.2, 0.25) is 0 Å². The molecule has 1 aromatic carbocycles. The van der Waals surface area contributed by atoms with Crippen molar-refractivity contribution in [3.05, 3.63) is 29.8 Å². The lowest BCUT2D eigenvalue weighted by Gasteiger charge is -2.25. The van der Waals surface area contributed by atoms with Gasteiger partial charge in [0.1, 0.15) is 11.9 Å². The average molecular weight is 235 g/mol. The minimum Gasteiger partial charge on any atom is -0.488 e. The van der Waals surface area contributed by atoms with Gasteiger partial charge in [0.15, 0.2) is 0 Å². The van der Waals surface area contributed by atoms with E-state index < -0.39 is 0 Å². The first-order valence-electron chi connectivity index (χ1n) is 6.40. The third-order valence-corrected chi connectivity index (χ3v) is 3.17. The van der Waals surface area contributed by atoms with Gasteiger partial charge in [-0.15, -0.1) is 0 Å². The predicted molar refractivity (Wildman–Crippen MR) is 68.1 cm³/mol. The maximum atomic E-state index is 6.09. The molecule has 0 spiro atoms. The fourth-order valence-corrected chi connectivity index (χ4v) is 2.10. The first-order valence-corrected chi connectivity index (χ1v) is 6.40. The molecule has 1 unspecified atom stereocenters. The molecule has 0 aliphatic carbocycles. The largest absolute Gasteiger partial charge is 0.488 e. The summed E-state index contributed by atoms with van der Waals surface area (Å²) >= 11 is 0. The van der Waals surface area contributed by atoms with Crippen LogP contribution < -0.4 is 10.5 Å². The van der Waals surface area contributed by atoms with Gasteiger partial charge in [-0.25, -0.2) is 0 Å². The van der Waals surface area contributed by atoms with Crippen molar-refractivity contribution in [2.24, 2.45) is 5.73 Å². The van der Waals surface area contributed by atoms with Crippen LogP contribution in [-0.2, 0) is 4.74 Å². The van der Waals surface area contributed by atoms with Gasteiger partial charge in [0.05, 0.1) is 6.61 Å². The molecule has 94 valence electrons. The Hall–Kier alpha value is -1.06. The summed E-state index contributed by atoms with van der Waals surface area (Å²) < 4.78 is 11.4. The summed E-state index contributed by atoms with van der Waals surface area (Å²) in [6.45, 7) is 3.64. The van der Waals surface area contributed by atoms with E-state index in [4.69, 9.17) is 15.2 Å². The van der Waals surface area contributed by atoms with Crippen molar-refractivity contribution in [3.63, 3.8) is 0 Å². The Balaban J connectivity index is 2.08. The smallest absolute Gasteiger partial charge is 0.124 e. The van der Waals surface area contributed by atoms with Crippen LogP contribution in [0.15, 0.2) is 24.3 Å². The second-order valence-corrected chi connectivity index (χ2v) is 4.51. The maximum absolute atomic E-state index is 6.09. The molecule has 1 aliphatic rings. The highest BCUT2D eigenvalue weighted by Gasteiger charge is 2.18. The molecule has 0 saturated carbocycles. The van der Waals surface area contributed by atoms with Crippen LogP contribution in [0.5, 0.6) is 5.75 Å². The monoisotopic (exact) mass is 235 g/mol. The highest BCUT2D eigenvalue weighted by molar-refractivity contribution is 5.35. The van der Waals surface area contributed by atoms with Crippen molar-refractivity contribution in [2.45, 2.75) is 38.3 Å². The molecule has 1 aliphatic heterocycles. The van der Waals surface area contributed by atoms with E-state index in [1.54, 1.807) is 0 Å². The van der Waals surface area contributed by atoms with Crippen LogP contribution in [0.1, 0.15) is 37.8 Å². The summed E-state index contributed by atoms with van der Waals surface area (Å²) in [6, 6.07) is 8.10. The fourth-order valence-electron chi connectivity index (χ4n) is 2.10. The van der Waals surface area contributed by atoms with Gasteiger partial charge in [-0.1, -0.05) is 25.1 Å². The number of nitrogens with two attached hydrogens (primary N) is 1. The lowest BCUT2D eigenvalue weighted by Crippen LogP contribution is -2.28. The van der Waals surface area contributed by atoms with Gasteiger partial charge in [-0.05, 0) is 25.3 Å². The van der Waals surface area contributed by atoms with E-state index in [0.717, 1.165) is 37.2 Å². The standard InChI is InChI=1S/C14H21NO2/c1-2-13(15)12-7-3-4-8-14(12)17-11-6-5-9-16-10-11/h3-4,7-8,11,13H,2,5-6,9-10,15H2,1H3/t11?,13-/m1/s1. The van der Waals surface area contributed by atoms with Crippen molar-refractivity contribution in [2.75, 3.05) is 13.2 Å². The minimum absolute atomic E-state index is 0.0516. The molecule has 1 fully saturated rings. The zero-order valence-corrected chi connectivity index (χ0v) is 10.4. The van der Waals surface area contributed by atoms with Gasteiger partial charge in [-0.2, -0.15) is 0 Å². The van der Waals surface area contributed by atoms with Gasteiger partial charge in [0, 0.05) is 18.2 Å². The Morgan fingerprint density at radius 2 is 2.29 bits per heavy atom. The molecule has 3 heteroatoms. The summed E-state index contributed by atoms with van der Waals surface area (Å²) in [5.74, 6) is 0.914. The van der Waals surface area contributed by atoms with Crippen molar-refractivity contribution in [1.29, 1.82) is 0 Å². The van der Waals surface area contributed by atoms with E-state index in [0.29, 0.717) is 6.61 Å². The van der Waals surface area contributed by atoms with Crippen molar-refractivity contribution < 1.29 is 9.47 Å². The molecule has 2 atom stereocenters. The summed E-state index contributed by atoms with van der Waals surface area (Å²) in [5, 5.41) is 0. The summed E-state index contributed by atoms with van der Waals surface area (Å²) in [6.07, 6.45) is 3.23. The normalized spacial score (nSPS) is 22.1. The average Bonchev–Trinajstić information content (AvgIpc) is 2.40. The third kappa shape index (κ3) is 3.20. The Morgan fingerprint density at radius 3 is 3.00 bits per heavy atom. The SMILES string of the molecule is CC[C@@H](N)c1ccccc1OC1CCCOC1. The third-order valence-electron chi connectivity index (χ3n) is 3.17. The highest BCUT2D eigenvalue weighted by atomic mass is 16.5. The van der Waals surface area contributed by atoms with E-state index in [1.165, 1.54) is 0 Å². The molecule has 0 aromatic heterocycles. The Bertz CT molecular complexity index is 348. The summed E-state index contributed by atoms with van der Waals surface area (Å²) in [7, 11) is 0. The predicted octanol–water partition coefficient (Wildman–Crippen LogP) is 2.65. The fraction of sp³-hybridized carbons (Fsp3) is 0.571. The molecule has 3 nitrogen and oxygen atoms in total. The zero-order chi connectivity index (χ0) is 12.1. The first-order chi connectivity index (χ1) is 8.31. The van der Waals surface area contributed by atoms with Crippen LogP contribution in [0.4, 0.5) is 0 Å². The van der Waals surface area contributed by atoms with Gasteiger partial charge in [-0.3, -0.25) is 0 Å². The van der Waals surface area contributed by atoms with Crippen LogP contribution in [0.3, 0.4) is 0 Å². The zero-order valence-electron chi connectivity index (χ0n) is 10.4. The van der Waals surface area contributed by atoms with Gasteiger partial charge < -0.3 is 15.2 Å². The molecule has 0 amide bonds. The second kappa shape index (κ2) is 6.03. The van der Waals surface area contributed by atoms with E-state index in [2.05, 4.69) is 6.92 Å². The van der Waals surface area contributed by atoms with Gasteiger partial charge in [0.25, 0.3) is 0 Å². The molecular weight excluding hydrogens is 214 g/mol. The number of hydrogen-bond donors (Lipinski definition) is 1. The highest BCUT2D eigenvalue weighted by Crippen LogP contribution is 2.27. The molecular formula is C14H21NO2. The van der Waals surface area contributed by atoms with E-state index in [-0.39, 0.29) is 12.1 Å². The Morgan fingerprint density at radius 1 is 1.47 bits per heavy atom. The molecule has 17 heavy (non-hydrogen) atoms. The van der Waals surface area contributed by atoms with E-state index >= 15 is 0 Å². The van der Waals surface area contributed by atoms with Gasteiger partial charge >= 0.3 is 0 Å². The lowest BCUT2D eigenvalue weighted by atomic mass is 10.0. The molecule has 1 saturated heterocycles. The number of rotatable bonds is 4. The lowest BCUT2D eigenvalue weighted by molar-refractivity contribution is 0.00690. The molecule has 2 rings (SSSR count). The Kier molecular flexibility index (Phi) is 4.40. The first kappa shape index (κ1) is 12.4. The minimum atomic E-state index is 0.0516. The quantitative estimate of drug-likeness (QED) is 0.872. The number of para-hydroxylation sites is 1. The topological polar surface area (TPSA) is 44.5 Å². The second-order valence-electron chi connectivity index (χ2n) is 4.51. The molecule has 2 N–H and O–H groups in total. The summed E-state index contributed by atoms with van der Waals surface area (Å²) in [5.41, 5.74) is 7.19. The molecule has 1 heterocycles. The molecule has 1 aromatic rings. The van der Waals surface area contributed by atoms with Crippen molar-refractivity contribution >= 4 is 0 Å². The Labute approximate surface area is 103 Å². The number of hydrogen-bond acceptors (Lipinski definition) is 3. The van der Waals surface area contributed by atoms with Crippen LogP contribution in [0, 0.1) is 0 Å². The number of ether oxygens (including phenoxy) is 2. The van der Waals surface area contributed by atoms with Crippen LogP contribution in [0.25, 0.3) is 0 Å². The van der Waals surface area contributed by atoms with E-state index in [1.807, 2.05) is 24.3 Å². The van der Waals surface area contributed by atoms with Crippen LogP contribution in [0.2, 0.25) is 0 Å². The van der Waals surface area contributed by atoms with Crippen molar-refractivity contribution in [1.82, 2.24) is 0 Å². The maximum Gasteiger partial charge on any atom is 0.124 e. The number of benzene rings is 1. The van der Waals surface area contributed by atoms with E-state index in [9.17, 15) is 0 Å².